The molecule has 0 aliphatic heterocycles. The minimum absolute atomic E-state index is 0.748. The Labute approximate surface area is 120 Å². The minimum Gasteiger partial charge on any atom is -0.237 e. The van der Waals surface area contributed by atoms with Crippen LogP contribution in [-0.4, -0.2) is 9.97 Å². The van der Waals surface area contributed by atoms with Gasteiger partial charge >= 0.3 is 0 Å². The van der Waals surface area contributed by atoms with E-state index in [1.54, 1.807) is 12.4 Å². The van der Waals surface area contributed by atoms with Gasteiger partial charge in [-0.2, -0.15) is 0 Å². The molecule has 19 heavy (non-hydrogen) atoms. The van der Waals surface area contributed by atoms with Gasteiger partial charge in [-0.3, -0.25) is 0 Å². The molecule has 2 aromatic carbocycles. The molecule has 0 aliphatic carbocycles. The Bertz CT molecular complexity index is 696. The fraction of sp³-hybridized carbons (Fsp3) is 0. The lowest BCUT2D eigenvalue weighted by Gasteiger charge is -2.08. The molecule has 0 saturated heterocycles. The summed E-state index contributed by atoms with van der Waals surface area (Å²) >= 11 is 3.51. The van der Waals surface area contributed by atoms with Crippen LogP contribution in [0.1, 0.15) is 0 Å². The average Bonchev–Trinajstić information content (AvgIpc) is 2.48. The second-order valence-electron chi connectivity index (χ2n) is 4.13. The first-order valence-electron chi connectivity index (χ1n) is 5.97. The molecule has 0 unspecified atom stereocenters. The summed E-state index contributed by atoms with van der Waals surface area (Å²) in [5.41, 5.74) is 3.33. The number of hydrogen-bond acceptors (Lipinski definition) is 2. The van der Waals surface area contributed by atoms with Crippen LogP contribution in [-0.2, 0) is 0 Å². The normalized spacial score (nSPS) is 10.4. The summed E-state index contributed by atoms with van der Waals surface area (Å²) in [6.45, 7) is 0. The zero-order valence-corrected chi connectivity index (χ0v) is 11.7. The van der Waals surface area contributed by atoms with E-state index in [4.69, 9.17) is 0 Å². The monoisotopic (exact) mass is 310 g/mol. The van der Waals surface area contributed by atoms with Crippen molar-refractivity contribution in [3.8, 4) is 22.5 Å². The van der Waals surface area contributed by atoms with Crippen molar-refractivity contribution >= 4 is 15.9 Å². The van der Waals surface area contributed by atoms with Gasteiger partial charge < -0.3 is 0 Å². The summed E-state index contributed by atoms with van der Waals surface area (Å²) in [7, 11) is 0. The van der Waals surface area contributed by atoms with Crippen LogP contribution in [0.5, 0.6) is 0 Å². The van der Waals surface area contributed by atoms with E-state index in [-0.39, 0.29) is 0 Å². The highest BCUT2D eigenvalue weighted by molar-refractivity contribution is 9.10. The molecular weight excluding hydrogens is 300 g/mol. The van der Waals surface area contributed by atoms with E-state index in [0.29, 0.717) is 0 Å². The van der Waals surface area contributed by atoms with Crippen molar-refractivity contribution in [1.29, 1.82) is 0 Å². The number of nitrogens with zero attached hydrogens (tertiary/aromatic N) is 2. The van der Waals surface area contributed by atoms with Crippen molar-refractivity contribution in [3.05, 3.63) is 71.5 Å². The van der Waals surface area contributed by atoms with Crippen molar-refractivity contribution in [2.75, 3.05) is 0 Å². The van der Waals surface area contributed by atoms with Gasteiger partial charge in [-0.05, 0) is 29.3 Å². The Kier molecular flexibility index (Phi) is 3.38. The molecule has 0 amide bonds. The van der Waals surface area contributed by atoms with Crippen LogP contribution in [0.15, 0.2) is 71.5 Å². The van der Waals surface area contributed by atoms with Crippen molar-refractivity contribution < 1.29 is 0 Å². The van der Waals surface area contributed by atoms with Gasteiger partial charge in [0, 0.05) is 22.4 Å². The van der Waals surface area contributed by atoms with Crippen molar-refractivity contribution in [2.45, 2.75) is 0 Å². The largest absolute Gasteiger partial charge is 0.237 e. The standard InChI is InChI=1S/C16H11BrN2/c17-13-6-3-5-12(11-13)14-7-1-2-8-15(14)16-18-9-4-10-19-16/h1-11H. The Balaban J connectivity index is 2.18. The lowest BCUT2D eigenvalue weighted by Crippen LogP contribution is -1.90. The lowest BCUT2D eigenvalue weighted by atomic mass is 9.99. The molecule has 0 bridgehead atoms. The number of rotatable bonds is 2. The summed E-state index contributed by atoms with van der Waals surface area (Å²) in [4.78, 5) is 8.67. The van der Waals surface area contributed by atoms with Gasteiger partial charge in [0.05, 0.1) is 0 Å². The second-order valence-corrected chi connectivity index (χ2v) is 5.04. The number of benzene rings is 2. The molecule has 0 spiro atoms. The minimum atomic E-state index is 0.748. The first-order chi connectivity index (χ1) is 9.34. The maximum Gasteiger partial charge on any atom is 0.159 e. The zero-order valence-electron chi connectivity index (χ0n) is 10.1. The fourth-order valence-electron chi connectivity index (χ4n) is 2.02. The molecule has 0 aliphatic rings. The van der Waals surface area contributed by atoms with Crippen LogP contribution >= 0.6 is 15.9 Å². The Morgan fingerprint density at radius 1 is 0.737 bits per heavy atom. The van der Waals surface area contributed by atoms with Gasteiger partial charge in [0.1, 0.15) is 0 Å². The van der Waals surface area contributed by atoms with Gasteiger partial charge in [0.15, 0.2) is 5.82 Å². The molecule has 1 aromatic heterocycles. The van der Waals surface area contributed by atoms with Crippen LogP contribution in [0.2, 0.25) is 0 Å². The van der Waals surface area contributed by atoms with Gasteiger partial charge in [0.2, 0.25) is 0 Å². The van der Waals surface area contributed by atoms with Crippen LogP contribution in [0.4, 0.5) is 0 Å². The predicted octanol–water partition coefficient (Wildman–Crippen LogP) is 4.57. The van der Waals surface area contributed by atoms with Gasteiger partial charge in [0.25, 0.3) is 0 Å². The summed E-state index contributed by atoms with van der Waals surface area (Å²) in [6, 6.07) is 18.2. The van der Waals surface area contributed by atoms with E-state index >= 15 is 0 Å². The van der Waals surface area contributed by atoms with E-state index in [2.05, 4.69) is 44.1 Å². The molecule has 0 saturated carbocycles. The van der Waals surface area contributed by atoms with E-state index < -0.39 is 0 Å². The topological polar surface area (TPSA) is 25.8 Å². The summed E-state index contributed by atoms with van der Waals surface area (Å²) in [5, 5.41) is 0. The van der Waals surface area contributed by atoms with Crippen LogP contribution in [0, 0.1) is 0 Å². The summed E-state index contributed by atoms with van der Waals surface area (Å²) in [6.07, 6.45) is 3.53. The molecular formula is C16H11BrN2. The lowest BCUT2D eigenvalue weighted by molar-refractivity contribution is 1.18. The van der Waals surface area contributed by atoms with E-state index in [1.807, 2.05) is 36.4 Å². The highest BCUT2D eigenvalue weighted by Crippen LogP contribution is 2.31. The van der Waals surface area contributed by atoms with E-state index in [1.165, 1.54) is 0 Å². The maximum atomic E-state index is 4.33. The van der Waals surface area contributed by atoms with E-state index in [9.17, 15) is 0 Å². The van der Waals surface area contributed by atoms with Crippen molar-refractivity contribution in [1.82, 2.24) is 9.97 Å². The molecule has 3 heteroatoms. The van der Waals surface area contributed by atoms with Crippen LogP contribution in [0.3, 0.4) is 0 Å². The smallest absolute Gasteiger partial charge is 0.159 e. The summed E-state index contributed by atoms with van der Waals surface area (Å²) < 4.78 is 1.06. The van der Waals surface area contributed by atoms with Crippen LogP contribution in [0.25, 0.3) is 22.5 Å². The van der Waals surface area contributed by atoms with Gasteiger partial charge in [-0.15, -0.1) is 0 Å². The molecule has 0 fully saturated rings. The van der Waals surface area contributed by atoms with Gasteiger partial charge in [-0.1, -0.05) is 52.3 Å². The SMILES string of the molecule is Brc1cccc(-c2ccccc2-c2ncccn2)c1. The van der Waals surface area contributed by atoms with Crippen molar-refractivity contribution in [2.24, 2.45) is 0 Å². The first kappa shape index (κ1) is 12.1. The molecule has 0 N–H and O–H groups in total. The molecule has 92 valence electrons. The van der Waals surface area contributed by atoms with Crippen LogP contribution < -0.4 is 0 Å². The first-order valence-corrected chi connectivity index (χ1v) is 6.76. The average molecular weight is 311 g/mol. The summed E-state index contributed by atoms with van der Waals surface area (Å²) in [5.74, 6) is 0.748. The fourth-order valence-corrected chi connectivity index (χ4v) is 2.42. The third kappa shape index (κ3) is 2.56. The Morgan fingerprint density at radius 2 is 1.47 bits per heavy atom. The molecule has 3 aromatic rings. The highest BCUT2D eigenvalue weighted by Gasteiger charge is 2.08. The number of halogens is 1. The third-order valence-corrected chi connectivity index (χ3v) is 3.36. The maximum absolute atomic E-state index is 4.33. The van der Waals surface area contributed by atoms with Gasteiger partial charge in [-0.25, -0.2) is 9.97 Å². The second kappa shape index (κ2) is 5.33. The predicted molar refractivity (Wildman–Crippen MR) is 80.6 cm³/mol. The number of aromatic nitrogens is 2. The molecule has 2 nitrogen and oxygen atoms in total. The van der Waals surface area contributed by atoms with Crippen molar-refractivity contribution in [3.63, 3.8) is 0 Å². The molecule has 0 atom stereocenters. The Morgan fingerprint density at radius 3 is 2.21 bits per heavy atom. The molecule has 0 radical (unpaired) electrons. The van der Waals surface area contributed by atoms with E-state index in [0.717, 1.165) is 27.0 Å². The Hall–Kier alpha value is -2.00. The quantitative estimate of drug-likeness (QED) is 0.692. The highest BCUT2D eigenvalue weighted by atomic mass is 79.9. The molecule has 1 heterocycles. The number of hydrogen-bond donors (Lipinski definition) is 0. The zero-order chi connectivity index (χ0) is 13.1. The third-order valence-electron chi connectivity index (χ3n) is 2.87. The molecule has 3 rings (SSSR count).